The molecule has 1 aliphatic rings. The van der Waals surface area contributed by atoms with Crippen molar-refractivity contribution in [3.05, 3.63) is 59.9 Å². The van der Waals surface area contributed by atoms with Crippen molar-refractivity contribution in [3.63, 3.8) is 0 Å². The second-order valence-electron chi connectivity index (χ2n) is 7.00. The summed E-state index contributed by atoms with van der Waals surface area (Å²) in [4.78, 5) is 13.0. The zero-order valence-electron chi connectivity index (χ0n) is 15.4. The molecule has 0 aromatic heterocycles. The number of carboxylic acid groups (broad SMARTS) is 1. The van der Waals surface area contributed by atoms with Gasteiger partial charge in [-0.1, -0.05) is 36.4 Å². The number of halogens is 1. The Morgan fingerprint density at radius 1 is 1.07 bits per heavy atom. The Bertz CT molecular complexity index is 730. The first-order valence-corrected chi connectivity index (χ1v) is 9.54. The lowest BCUT2D eigenvalue weighted by Gasteiger charge is -2.35. The number of benzene rings is 2. The highest BCUT2D eigenvalue weighted by Crippen LogP contribution is 2.22. The van der Waals surface area contributed by atoms with Gasteiger partial charge in [-0.3, -0.25) is 9.69 Å². The van der Waals surface area contributed by atoms with Crippen LogP contribution in [0.1, 0.15) is 37.7 Å². The molecule has 27 heavy (non-hydrogen) atoms. The van der Waals surface area contributed by atoms with Gasteiger partial charge in [-0.15, -0.1) is 0 Å². The zero-order chi connectivity index (χ0) is 19.1. The van der Waals surface area contributed by atoms with E-state index in [9.17, 15) is 9.18 Å². The predicted octanol–water partition coefficient (Wildman–Crippen LogP) is 4.69. The van der Waals surface area contributed by atoms with Crippen LogP contribution in [0.3, 0.4) is 0 Å². The van der Waals surface area contributed by atoms with Gasteiger partial charge in [0, 0.05) is 19.5 Å². The average molecular weight is 371 g/mol. The molecule has 1 fully saturated rings. The highest BCUT2D eigenvalue weighted by Gasteiger charge is 2.22. The lowest BCUT2D eigenvalue weighted by Crippen LogP contribution is -2.41. The molecule has 1 saturated heterocycles. The lowest BCUT2D eigenvalue weighted by molar-refractivity contribution is -0.137. The van der Waals surface area contributed by atoms with Crippen LogP contribution in [0.15, 0.2) is 48.5 Å². The van der Waals surface area contributed by atoms with Crippen molar-refractivity contribution in [2.24, 2.45) is 0 Å². The summed E-state index contributed by atoms with van der Waals surface area (Å²) >= 11 is 0. The third-order valence-corrected chi connectivity index (χ3v) is 4.96. The molecule has 0 saturated carbocycles. The summed E-state index contributed by atoms with van der Waals surface area (Å²) in [7, 11) is 0. The number of hydrogen-bond acceptors (Lipinski definition) is 3. The number of piperidine rings is 1. The second-order valence-corrected chi connectivity index (χ2v) is 7.00. The van der Waals surface area contributed by atoms with Crippen molar-refractivity contribution in [1.29, 1.82) is 0 Å². The Balaban J connectivity index is 1.53. The normalized spacial score (nSPS) is 17.7. The summed E-state index contributed by atoms with van der Waals surface area (Å²) in [6, 6.07) is 14.6. The van der Waals surface area contributed by atoms with E-state index in [0.29, 0.717) is 13.0 Å². The number of rotatable bonds is 8. The summed E-state index contributed by atoms with van der Waals surface area (Å²) in [5.41, 5.74) is 3.13. The molecule has 1 unspecified atom stereocenters. The molecule has 144 valence electrons. The summed E-state index contributed by atoms with van der Waals surface area (Å²) in [5, 5.41) is 8.81. The molecular weight excluding hydrogens is 345 g/mol. The first kappa shape index (κ1) is 19.5. The zero-order valence-corrected chi connectivity index (χ0v) is 15.4. The van der Waals surface area contributed by atoms with Gasteiger partial charge in [0.15, 0.2) is 0 Å². The van der Waals surface area contributed by atoms with Crippen LogP contribution in [0.5, 0.6) is 0 Å². The number of ether oxygens (including phenoxy) is 1. The molecule has 2 aromatic carbocycles. The topological polar surface area (TPSA) is 49.8 Å². The molecule has 0 radical (unpaired) electrons. The maximum atomic E-state index is 13.0. The largest absolute Gasteiger partial charge is 0.481 e. The van der Waals surface area contributed by atoms with Crippen LogP contribution in [0.2, 0.25) is 0 Å². The Kier molecular flexibility index (Phi) is 6.96. The van der Waals surface area contributed by atoms with Gasteiger partial charge >= 0.3 is 5.97 Å². The first-order valence-electron chi connectivity index (χ1n) is 9.54. The summed E-state index contributed by atoms with van der Waals surface area (Å²) in [6.07, 6.45) is 4.18. The third-order valence-electron chi connectivity index (χ3n) is 4.96. The van der Waals surface area contributed by atoms with E-state index < -0.39 is 5.97 Å². The fourth-order valence-electron chi connectivity index (χ4n) is 3.47. The van der Waals surface area contributed by atoms with Gasteiger partial charge in [0.2, 0.25) is 0 Å². The smallest absolute Gasteiger partial charge is 0.303 e. The van der Waals surface area contributed by atoms with Crippen LogP contribution < -0.4 is 0 Å². The van der Waals surface area contributed by atoms with Crippen LogP contribution in [-0.2, 0) is 16.1 Å². The standard InChI is InChI=1S/C22H26FNO3/c23-20-12-10-19(11-13-20)18-8-6-17(7-9-18)16-27-21-4-1-2-14-24(21)15-3-5-22(25)26/h6-13,21H,1-5,14-16H2,(H,25,26). The molecule has 1 aliphatic heterocycles. The number of likely N-dealkylation sites (tertiary alicyclic amines) is 1. The molecule has 4 nitrogen and oxygen atoms in total. The molecule has 5 heteroatoms. The quantitative estimate of drug-likeness (QED) is 0.732. The van der Waals surface area contributed by atoms with E-state index in [-0.39, 0.29) is 18.5 Å². The molecule has 1 atom stereocenters. The highest BCUT2D eigenvalue weighted by molar-refractivity contribution is 5.66. The van der Waals surface area contributed by atoms with E-state index in [1.807, 2.05) is 24.3 Å². The summed E-state index contributed by atoms with van der Waals surface area (Å²) in [6.45, 7) is 2.26. The molecular formula is C22H26FNO3. The minimum absolute atomic E-state index is 0.0596. The molecule has 0 aliphatic carbocycles. The minimum atomic E-state index is -0.745. The average Bonchev–Trinajstić information content (AvgIpc) is 2.68. The predicted molar refractivity (Wildman–Crippen MR) is 103 cm³/mol. The van der Waals surface area contributed by atoms with E-state index in [0.717, 1.165) is 49.0 Å². The van der Waals surface area contributed by atoms with Crippen LogP contribution in [0.4, 0.5) is 4.39 Å². The van der Waals surface area contributed by atoms with Crippen LogP contribution in [0, 0.1) is 5.82 Å². The SMILES string of the molecule is O=C(O)CCCN1CCCCC1OCc1ccc(-c2ccc(F)cc2)cc1. The van der Waals surface area contributed by atoms with E-state index >= 15 is 0 Å². The molecule has 0 bridgehead atoms. The molecule has 2 aromatic rings. The number of hydrogen-bond donors (Lipinski definition) is 1. The van der Waals surface area contributed by atoms with Crippen molar-refractivity contribution in [2.45, 2.75) is 44.9 Å². The molecule has 0 spiro atoms. The van der Waals surface area contributed by atoms with Crippen molar-refractivity contribution in [1.82, 2.24) is 4.90 Å². The lowest BCUT2D eigenvalue weighted by atomic mass is 10.0. The Labute approximate surface area is 159 Å². The second kappa shape index (κ2) is 9.62. The maximum Gasteiger partial charge on any atom is 0.303 e. The van der Waals surface area contributed by atoms with Gasteiger partial charge in [-0.2, -0.15) is 0 Å². The van der Waals surface area contributed by atoms with Crippen molar-refractivity contribution in [3.8, 4) is 11.1 Å². The van der Waals surface area contributed by atoms with Gasteiger partial charge in [0.05, 0.1) is 6.61 Å². The van der Waals surface area contributed by atoms with Crippen LogP contribution in [-0.4, -0.2) is 35.3 Å². The van der Waals surface area contributed by atoms with Crippen molar-refractivity contribution < 1.29 is 19.0 Å². The fraction of sp³-hybridized carbons (Fsp3) is 0.409. The van der Waals surface area contributed by atoms with Gasteiger partial charge in [-0.25, -0.2) is 4.39 Å². The summed E-state index contributed by atoms with van der Waals surface area (Å²) in [5.74, 6) is -0.977. The van der Waals surface area contributed by atoms with Crippen LogP contribution >= 0.6 is 0 Å². The van der Waals surface area contributed by atoms with E-state index in [1.165, 1.54) is 12.1 Å². The molecule has 1 heterocycles. The van der Waals surface area contributed by atoms with Gasteiger partial charge in [-0.05, 0) is 54.5 Å². The Hall–Kier alpha value is -2.24. The molecule has 0 amide bonds. The van der Waals surface area contributed by atoms with Gasteiger partial charge < -0.3 is 9.84 Å². The van der Waals surface area contributed by atoms with Gasteiger partial charge in [0.1, 0.15) is 12.0 Å². The number of nitrogens with zero attached hydrogens (tertiary/aromatic N) is 1. The van der Waals surface area contributed by atoms with E-state index in [4.69, 9.17) is 9.84 Å². The Morgan fingerprint density at radius 3 is 2.41 bits per heavy atom. The van der Waals surface area contributed by atoms with Crippen LogP contribution in [0.25, 0.3) is 11.1 Å². The van der Waals surface area contributed by atoms with Crippen molar-refractivity contribution in [2.75, 3.05) is 13.1 Å². The first-order chi connectivity index (χ1) is 13.1. The summed E-state index contributed by atoms with van der Waals surface area (Å²) < 4.78 is 19.2. The fourth-order valence-corrected chi connectivity index (χ4v) is 3.47. The number of carboxylic acids is 1. The number of aliphatic carboxylic acids is 1. The third kappa shape index (κ3) is 5.88. The minimum Gasteiger partial charge on any atom is -0.481 e. The maximum absolute atomic E-state index is 13.0. The van der Waals surface area contributed by atoms with Crippen molar-refractivity contribution >= 4 is 5.97 Å². The highest BCUT2D eigenvalue weighted by atomic mass is 19.1. The Morgan fingerprint density at radius 2 is 1.74 bits per heavy atom. The number of carbonyl (C=O) groups is 1. The van der Waals surface area contributed by atoms with Gasteiger partial charge in [0.25, 0.3) is 0 Å². The molecule has 1 N–H and O–H groups in total. The monoisotopic (exact) mass is 371 g/mol. The van der Waals surface area contributed by atoms with E-state index in [1.54, 1.807) is 12.1 Å². The molecule has 3 rings (SSSR count). The van der Waals surface area contributed by atoms with E-state index in [2.05, 4.69) is 4.90 Å².